The average Bonchev–Trinajstić information content (AvgIpc) is 2.39. The van der Waals surface area contributed by atoms with Gasteiger partial charge in [0.25, 0.3) is 0 Å². The van der Waals surface area contributed by atoms with Crippen molar-refractivity contribution in [1.29, 1.82) is 0 Å². The predicted molar refractivity (Wildman–Crippen MR) is 71.9 cm³/mol. The summed E-state index contributed by atoms with van der Waals surface area (Å²) in [6, 6.07) is 7.73. The molecule has 0 unspecified atom stereocenters. The van der Waals surface area contributed by atoms with E-state index in [-0.39, 0.29) is 5.97 Å². The zero-order valence-electron chi connectivity index (χ0n) is 10.6. The van der Waals surface area contributed by atoms with E-state index in [1.807, 2.05) is 31.2 Å². The van der Waals surface area contributed by atoms with Crippen molar-refractivity contribution < 1.29 is 9.53 Å². The van der Waals surface area contributed by atoms with Crippen molar-refractivity contribution in [1.82, 2.24) is 4.98 Å². The summed E-state index contributed by atoms with van der Waals surface area (Å²) < 4.78 is 5.04. The van der Waals surface area contributed by atoms with E-state index in [1.165, 1.54) is 0 Å². The fourth-order valence-electron chi connectivity index (χ4n) is 1.87. The summed E-state index contributed by atoms with van der Waals surface area (Å²) in [5.74, 6) is -0.341. The summed E-state index contributed by atoms with van der Waals surface area (Å²) in [6.45, 7) is 4.88. The monoisotopic (exact) mass is 244 g/mol. The van der Waals surface area contributed by atoms with Gasteiger partial charge in [-0.3, -0.25) is 4.98 Å². The van der Waals surface area contributed by atoms with Crippen molar-refractivity contribution in [2.75, 3.05) is 18.5 Å². The standard InChI is InChI=1S/C14H16N2O2/c1-3-15-13-10-7-5-6-8-12(10)16-9-11(13)14(17)18-4-2/h5-9H,3-4H2,1-2H3,(H,15,16). The number of aromatic nitrogens is 1. The molecule has 0 aliphatic heterocycles. The summed E-state index contributed by atoms with van der Waals surface area (Å²) in [4.78, 5) is 16.2. The quantitative estimate of drug-likeness (QED) is 0.840. The van der Waals surface area contributed by atoms with Crippen LogP contribution in [-0.2, 0) is 4.74 Å². The first kappa shape index (κ1) is 12.4. The summed E-state index contributed by atoms with van der Waals surface area (Å²) in [7, 11) is 0. The Balaban J connectivity index is 2.58. The molecule has 2 rings (SSSR count). The first-order valence-corrected chi connectivity index (χ1v) is 6.06. The minimum absolute atomic E-state index is 0.341. The fourth-order valence-corrected chi connectivity index (χ4v) is 1.87. The Hall–Kier alpha value is -2.10. The van der Waals surface area contributed by atoms with Gasteiger partial charge in [0, 0.05) is 18.1 Å². The molecular weight excluding hydrogens is 228 g/mol. The lowest BCUT2D eigenvalue weighted by atomic mass is 10.1. The molecule has 0 aliphatic carbocycles. The van der Waals surface area contributed by atoms with Gasteiger partial charge in [-0.2, -0.15) is 0 Å². The van der Waals surface area contributed by atoms with Gasteiger partial charge in [0.05, 0.1) is 17.8 Å². The van der Waals surface area contributed by atoms with Gasteiger partial charge in [-0.25, -0.2) is 4.79 Å². The molecule has 0 amide bonds. The van der Waals surface area contributed by atoms with Crippen LogP contribution in [0.4, 0.5) is 5.69 Å². The Morgan fingerprint density at radius 3 is 2.83 bits per heavy atom. The van der Waals surface area contributed by atoms with Gasteiger partial charge < -0.3 is 10.1 Å². The van der Waals surface area contributed by atoms with Crippen LogP contribution in [0.25, 0.3) is 10.9 Å². The highest BCUT2D eigenvalue weighted by Gasteiger charge is 2.15. The first-order valence-electron chi connectivity index (χ1n) is 6.06. The Bertz CT molecular complexity index is 567. The maximum atomic E-state index is 11.9. The molecule has 94 valence electrons. The number of benzene rings is 1. The van der Waals surface area contributed by atoms with E-state index in [0.29, 0.717) is 12.2 Å². The Morgan fingerprint density at radius 1 is 1.33 bits per heavy atom. The van der Waals surface area contributed by atoms with E-state index in [9.17, 15) is 4.79 Å². The molecule has 1 N–H and O–H groups in total. The number of fused-ring (bicyclic) bond motifs is 1. The number of hydrogen-bond donors (Lipinski definition) is 1. The van der Waals surface area contributed by atoms with Crippen LogP contribution in [0.2, 0.25) is 0 Å². The van der Waals surface area contributed by atoms with Gasteiger partial charge in [0.1, 0.15) is 5.56 Å². The number of carbonyl (C=O) groups is 1. The number of esters is 1. The van der Waals surface area contributed by atoms with E-state index < -0.39 is 0 Å². The van der Waals surface area contributed by atoms with Gasteiger partial charge in [-0.1, -0.05) is 18.2 Å². The SMILES string of the molecule is CCNc1c(C(=O)OCC)cnc2ccccc12. The molecule has 0 atom stereocenters. The number of pyridine rings is 1. The first-order chi connectivity index (χ1) is 8.77. The predicted octanol–water partition coefficient (Wildman–Crippen LogP) is 2.84. The number of hydrogen-bond acceptors (Lipinski definition) is 4. The van der Waals surface area contributed by atoms with Crippen LogP contribution in [0.15, 0.2) is 30.5 Å². The van der Waals surface area contributed by atoms with Crippen molar-refractivity contribution in [2.45, 2.75) is 13.8 Å². The number of ether oxygens (including phenoxy) is 1. The topological polar surface area (TPSA) is 51.2 Å². The van der Waals surface area contributed by atoms with Crippen LogP contribution in [-0.4, -0.2) is 24.1 Å². The van der Waals surface area contributed by atoms with Crippen molar-refractivity contribution in [2.24, 2.45) is 0 Å². The maximum Gasteiger partial charge on any atom is 0.341 e. The zero-order chi connectivity index (χ0) is 13.0. The molecule has 1 aromatic heterocycles. The highest BCUT2D eigenvalue weighted by molar-refractivity contribution is 6.04. The fraction of sp³-hybridized carbons (Fsp3) is 0.286. The second kappa shape index (κ2) is 5.49. The molecule has 2 aromatic rings. The molecule has 0 saturated heterocycles. The van der Waals surface area contributed by atoms with E-state index in [0.717, 1.165) is 23.1 Å². The van der Waals surface area contributed by atoms with Gasteiger partial charge in [-0.05, 0) is 19.9 Å². The number of nitrogens with zero attached hydrogens (tertiary/aromatic N) is 1. The maximum absolute atomic E-state index is 11.9. The van der Waals surface area contributed by atoms with Crippen LogP contribution >= 0.6 is 0 Å². The highest BCUT2D eigenvalue weighted by Crippen LogP contribution is 2.26. The highest BCUT2D eigenvalue weighted by atomic mass is 16.5. The summed E-state index contributed by atoms with van der Waals surface area (Å²) in [5.41, 5.74) is 2.14. The van der Waals surface area contributed by atoms with Crippen molar-refractivity contribution in [3.05, 3.63) is 36.0 Å². The molecule has 4 heteroatoms. The second-order valence-electron chi connectivity index (χ2n) is 3.81. The molecule has 0 spiro atoms. The third kappa shape index (κ3) is 2.27. The summed E-state index contributed by atoms with van der Waals surface area (Å²) in [5, 5.41) is 4.15. The number of rotatable bonds is 4. The molecule has 0 fully saturated rings. The van der Waals surface area contributed by atoms with Gasteiger partial charge in [0.2, 0.25) is 0 Å². The molecule has 0 aliphatic rings. The van der Waals surface area contributed by atoms with E-state index in [1.54, 1.807) is 13.1 Å². The lowest BCUT2D eigenvalue weighted by Gasteiger charge is -2.12. The van der Waals surface area contributed by atoms with Gasteiger partial charge in [-0.15, -0.1) is 0 Å². The molecule has 18 heavy (non-hydrogen) atoms. The Kier molecular flexibility index (Phi) is 3.77. The number of anilines is 1. The minimum Gasteiger partial charge on any atom is -0.462 e. The van der Waals surface area contributed by atoms with Crippen LogP contribution < -0.4 is 5.32 Å². The molecule has 0 radical (unpaired) electrons. The molecule has 1 heterocycles. The average molecular weight is 244 g/mol. The van der Waals surface area contributed by atoms with Crippen LogP contribution in [0.1, 0.15) is 24.2 Å². The zero-order valence-corrected chi connectivity index (χ0v) is 10.6. The third-order valence-corrected chi connectivity index (χ3v) is 2.62. The largest absolute Gasteiger partial charge is 0.462 e. The van der Waals surface area contributed by atoms with E-state index in [4.69, 9.17) is 4.74 Å². The van der Waals surface area contributed by atoms with Gasteiger partial charge >= 0.3 is 5.97 Å². The Labute approximate surface area is 106 Å². The second-order valence-corrected chi connectivity index (χ2v) is 3.81. The van der Waals surface area contributed by atoms with Gasteiger partial charge in [0.15, 0.2) is 0 Å². The molecular formula is C14H16N2O2. The lowest BCUT2D eigenvalue weighted by molar-refractivity contribution is 0.0527. The lowest BCUT2D eigenvalue weighted by Crippen LogP contribution is -2.10. The van der Waals surface area contributed by atoms with E-state index >= 15 is 0 Å². The number of para-hydroxylation sites is 1. The normalized spacial score (nSPS) is 10.3. The van der Waals surface area contributed by atoms with Crippen molar-refractivity contribution in [3.63, 3.8) is 0 Å². The van der Waals surface area contributed by atoms with Crippen LogP contribution in [0.3, 0.4) is 0 Å². The van der Waals surface area contributed by atoms with E-state index in [2.05, 4.69) is 10.3 Å². The van der Waals surface area contributed by atoms with Crippen LogP contribution in [0, 0.1) is 0 Å². The molecule has 0 saturated carbocycles. The minimum atomic E-state index is -0.341. The molecule has 4 nitrogen and oxygen atoms in total. The van der Waals surface area contributed by atoms with Crippen molar-refractivity contribution >= 4 is 22.6 Å². The third-order valence-electron chi connectivity index (χ3n) is 2.62. The Morgan fingerprint density at radius 2 is 2.11 bits per heavy atom. The smallest absolute Gasteiger partial charge is 0.341 e. The number of nitrogens with one attached hydrogen (secondary N) is 1. The number of carbonyl (C=O) groups excluding carboxylic acids is 1. The van der Waals surface area contributed by atoms with Crippen LogP contribution in [0.5, 0.6) is 0 Å². The van der Waals surface area contributed by atoms with Crippen molar-refractivity contribution in [3.8, 4) is 0 Å². The molecule has 1 aromatic carbocycles. The summed E-state index contributed by atoms with van der Waals surface area (Å²) >= 11 is 0. The molecule has 0 bridgehead atoms. The summed E-state index contributed by atoms with van der Waals surface area (Å²) in [6.07, 6.45) is 1.57.